The average molecular weight is 773 g/mol. The van der Waals surface area contributed by atoms with E-state index >= 15 is 0 Å². The van der Waals surface area contributed by atoms with Crippen LogP contribution in [0.25, 0.3) is 0 Å². The van der Waals surface area contributed by atoms with Crippen molar-refractivity contribution in [2.24, 2.45) is 0 Å². The molecule has 0 saturated heterocycles. The van der Waals surface area contributed by atoms with Crippen molar-refractivity contribution >= 4 is 5.97 Å². The summed E-state index contributed by atoms with van der Waals surface area (Å²) in [6.45, 7) is 5.22. The minimum atomic E-state index is 0.0262. The molecule has 0 atom stereocenters. The fourth-order valence-corrected chi connectivity index (χ4v) is 8.25. The predicted octanol–water partition coefficient (Wildman–Crippen LogP) is 19.5. The Morgan fingerprint density at radius 3 is 0.782 bits per heavy atom. The van der Waals surface area contributed by atoms with Gasteiger partial charge in [-0.15, -0.1) is 0 Å². The van der Waals surface area contributed by atoms with Gasteiger partial charge in [-0.25, -0.2) is 0 Å². The first-order valence-electron chi connectivity index (χ1n) is 26.1. The summed E-state index contributed by atoms with van der Waals surface area (Å²) in [7, 11) is 0. The molecule has 0 aromatic carbocycles. The Labute approximate surface area is 348 Å². The first-order valence-corrected chi connectivity index (χ1v) is 26.1. The molecule has 0 saturated carbocycles. The molecule has 0 N–H and O–H groups in total. The van der Waals surface area contributed by atoms with E-state index in [1.165, 1.54) is 283 Å². The highest BCUT2D eigenvalue weighted by atomic mass is 16.5. The van der Waals surface area contributed by atoms with Gasteiger partial charge in [0, 0.05) is 6.42 Å². The van der Waals surface area contributed by atoms with Gasteiger partial charge >= 0.3 is 5.97 Å². The van der Waals surface area contributed by atoms with Gasteiger partial charge in [0.15, 0.2) is 0 Å². The second-order valence-electron chi connectivity index (χ2n) is 17.9. The molecule has 0 rings (SSSR count). The van der Waals surface area contributed by atoms with E-state index in [1.807, 2.05) is 0 Å². The summed E-state index contributed by atoms with van der Waals surface area (Å²) < 4.78 is 5.49. The molecule has 0 aliphatic heterocycles. The molecule has 0 bridgehead atoms. The summed E-state index contributed by atoms with van der Waals surface area (Å²) in [6.07, 6.45) is 69.4. The number of unbranched alkanes of at least 4 members (excludes halogenated alkanes) is 43. The topological polar surface area (TPSA) is 26.3 Å². The third-order valence-electron chi connectivity index (χ3n) is 12.2. The molecule has 0 aromatic heterocycles. The van der Waals surface area contributed by atoms with E-state index in [2.05, 4.69) is 26.0 Å². The predicted molar refractivity (Wildman–Crippen MR) is 248 cm³/mol. The van der Waals surface area contributed by atoms with Crippen molar-refractivity contribution in [1.82, 2.24) is 0 Å². The summed E-state index contributed by atoms with van der Waals surface area (Å²) in [5.74, 6) is 0.0262. The van der Waals surface area contributed by atoms with Crippen LogP contribution in [0.5, 0.6) is 0 Å². The Balaban J connectivity index is 3.15. The molecular formula is C53H104O2. The lowest BCUT2D eigenvalue weighted by Crippen LogP contribution is -2.05. The van der Waals surface area contributed by atoms with Crippen LogP contribution in [0.15, 0.2) is 12.2 Å². The van der Waals surface area contributed by atoms with Crippen LogP contribution in [0.2, 0.25) is 0 Å². The zero-order valence-corrected chi connectivity index (χ0v) is 38.4. The molecule has 0 spiro atoms. The van der Waals surface area contributed by atoms with Crippen molar-refractivity contribution in [2.75, 3.05) is 6.61 Å². The standard InChI is InChI=1S/C53H104O2/c1-3-5-7-9-11-13-15-17-19-21-22-23-24-25-26-27-28-29-30-31-32-33-34-36-38-40-42-44-46-48-50-52-55-53(54)51-49-47-45-43-41-39-37-35-20-18-16-14-12-10-8-6-4-2/h18,20H,3-17,19,21-52H2,1-2H3. The zero-order chi connectivity index (χ0) is 39.6. The molecule has 55 heavy (non-hydrogen) atoms. The van der Waals surface area contributed by atoms with E-state index in [1.54, 1.807) is 0 Å². The Kier molecular flexibility index (Phi) is 50.5. The van der Waals surface area contributed by atoms with Crippen LogP contribution in [0, 0.1) is 0 Å². The molecular weight excluding hydrogens is 669 g/mol. The van der Waals surface area contributed by atoms with Gasteiger partial charge in [0.25, 0.3) is 0 Å². The van der Waals surface area contributed by atoms with Crippen LogP contribution in [-0.4, -0.2) is 12.6 Å². The maximum Gasteiger partial charge on any atom is 0.305 e. The highest BCUT2D eigenvalue weighted by molar-refractivity contribution is 5.69. The summed E-state index contributed by atoms with van der Waals surface area (Å²) >= 11 is 0. The van der Waals surface area contributed by atoms with E-state index < -0.39 is 0 Å². The number of ether oxygens (including phenoxy) is 1. The first kappa shape index (κ1) is 54.2. The Bertz CT molecular complexity index is 713. The number of hydrogen-bond acceptors (Lipinski definition) is 2. The Morgan fingerprint density at radius 2 is 0.509 bits per heavy atom. The van der Waals surface area contributed by atoms with Gasteiger partial charge in [0.2, 0.25) is 0 Å². The second-order valence-corrected chi connectivity index (χ2v) is 17.9. The van der Waals surface area contributed by atoms with Gasteiger partial charge in [-0.2, -0.15) is 0 Å². The summed E-state index contributed by atoms with van der Waals surface area (Å²) in [6, 6.07) is 0. The van der Waals surface area contributed by atoms with Gasteiger partial charge in [0.05, 0.1) is 6.61 Å². The van der Waals surface area contributed by atoms with Gasteiger partial charge in [-0.05, 0) is 38.5 Å². The largest absolute Gasteiger partial charge is 0.466 e. The smallest absolute Gasteiger partial charge is 0.305 e. The summed E-state index contributed by atoms with van der Waals surface area (Å²) in [5, 5.41) is 0. The minimum absolute atomic E-state index is 0.0262. The molecule has 0 aromatic rings. The molecule has 0 amide bonds. The van der Waals surface area contributed by atoms with Crippen molar-refractivity contribution in [3.63, 3.8) is 0 Å². The van der Waals surface area contributed by atoms with Crippen LogP contribution in [0.1, 0.15) is 316 Å². The van der Waals surface area contributed by atoms with Gasteiger partial charge in [0.1, 0.15) is 0 Å². The molecule has 0 fully saturated rings. The van der Waals surface area contributed by atoms with Crippen LogP contribution < -0.4 is 0 Å². The third-order valence-corrected chi connectivity index (χ3v) is 12.2. The van der Waals surface area contributed by atoms with Crippen molar-refractivity contribution in [1.29, 1.82) is 0 Å². The van der Waals surface area contributed by atoms with E-state index in [9.17, 15) is 4.79 Å². The van der Waals surface area contributed by atoms with E-state index in [0.29, 0.717) is 13.0 Å². The number of esters is 1. The minimum Gasteiger partial charge on any atom is -0.466 e. The average Bonchev–Trinajstić information content (AvgIpc) is 3.19. The molecule has 0 aliphatic carbocycles. The maximum absolute atomic E-state index is 12.0. The zero-order valence-electron chi connectivity index (χ0n) is 38.4. The van der Waals surface area contributed by atoms with Crippen molar-refractivity contribution < 1.29 is 9.53 Å². The highest BCUT2D eigenvalue weighted by Gasteiger charge is 2.03. The summed E-state index contributed by atoms with van der Waals surface area (Å²) in [5.41, 5.74) is 0. The number of hydrogen-bond donors (Lipinski definition) is 0. The monoisotopic (exact) mass is 773 g/mol. The Hall–Kier alpha value is -0.790. The van der Waals surface area contributed by atoms with Gasteiger partial charge < -0.3 is 4.74 Å². The SMILES string of the molecule is CCCCCCCCC=CCCCCCCCCCC(=O)OCCCCCCCCCCCCCCCCCCCCCCCCCCCCCCCCC. The van der Waals surface area contributed by atoms with E-state index in [0.717, 1.165) is 12.8 Å². The Morgan fingerprint density at radius 1 is 0.291 bits per heavy atom. The molecule has 0 aliphatic rings. The van der Waals surface area contributed by atoms with Crippen molar-refractivity contribution in [3.8, 4) is 0 Å². The summed E-state index contributed by atoms with van der Waals surface area (Å²) in [4.78, 5) is 12.0. The third kappa shape index (κ3) is 51.2. The first-order chi connectivity index (χ1) is 27.3. The maximum atomic E-state index is 12.0. The second kappa shape index (κ2) is 51.2. The molecule has 2 heteroatoms. The fraction of sp³-hybridized carbons (Fsp3) is 0.943. The number of carbonyl (C=O) groups is 1. The van der Waals surface area contributed by atoms with E-state index in [4.69, 9.17) is 4.74 Å². The van der Waals surface area contributed by atoms with Crippen LogP contribution >= 0.6 is 0 Å². The van der Waals surface area contributed by atoms with Crippen LogP contribution in [0.4, 0.5) is 0 Å². The van der Waals surface area contributed by atoms with Crippen molar-refractivity contribution in [3.05, 3.63) is 12.2 Å². The quantitative estimate of drug-likeness (QED) is 0.0350. The van der Waals surface area contributed by atoms with Gasteiger partial charge in [-0.1, -0.05) is 283 Å². The highest BCUT2D eigenvalue weighted by Crippen LogP contribution is 2.17. The van der Waals surface area contributed by atoms with E-state index in [-0.39, 0.29) is 5.97 Å². The number of rotatable bonds is 49. The fourth-order valence-electron chi connectivity index (χ4n) is 8.25. The molecule has 2 nitrogen and oxygen atoms in total. The van der Waals surface area contributed by atoms with Gasteiger partial charge in [-0.3, -0.25) is 4.79 Å². The normalized spacial score (nSPS) is 11.7. The molecule has 0 unspecified atom stereocenters. The number of carbonyl (C=O) groups excluding carboxylic acids is 1. The lowest BCUT2D eigenvalue weighted by Gasteiger charge is -2.06. The van der Waals surface area contributed by atoms with Crippen LogP contribution in [-0.2, 0) is 9.53 Å². The van der Waals surface area contributed by atoms with Crippen molar-refractivity contribution in [2.45, 2.75) is 316 Å². The molecule has 0 radical (unpaired) electrons. The van der Waals surface area contributed by atoms with Crippen LogP contribution in [0.3, 0.4) is 0 Å². The lowest BCUT2D eigenvalue weighted by atomic mass is 10.0. The molecule has 328 valence electrons. The molecule has 0 heterocycles. The lowest BCUT2D eigenvalue weighted by molar-refractivity contribution is -0.143. The number of allylic oxidation sites excluding steroid dienone is 2.